The first-order chi connectivity index (χ1) is 12.2. The molecular formula is C17H17N5O2S. The topological polar surface area (TPSA) is 95.9 Å². The summed E-state index contributed by atoms with van der Waals surface area (Å²) < 4.78 is 7.61. The van der Waals surface area contributed by atoms with Crippen LogP contribution in [0.15, 0.2) is 53.9 Å². The Hall–Kier alpha value is -2.87. The maximum Gasteiger partial charge on any atom is 0.227 e. The zero-order valence-corrected chi connectivity index (χ0v) is 14.4. The Kier molecular flexibility index (Phi) is 5.30. The molecule has 0 saturated carbocycles. The Morgan fingerprint density at radius 2 is 1.96 bits per heavy atom. The summed E-state index contributed by atoms with van der Waals surface area (Å²) in [6.07, 6.45) is 3.39. The van der Waals surface area contributed by atoms with Gasteiger partial charge in [0.2, 0.25) is 5.91 Å². The molecular weight excluding hydrogens is 338 g/mol. The van der Waals surface area contributed by atoms with E-state index in [1.807, 2.05) is 47.9 Å². The standard InChI is InChI=1S/C17H17N5O2S/c1-2-24-14-6-4-3-5-13(14)22-16(12-7-9-19-10-8-12)20-21-17(22)25-11-15(18)23/h3-10H,2,11H2,1H3,(H2,18,23). The zero-order valence-electron chi connectivity index (χ0n) is 13.6. The Bertz CT molecular complexity index is 866. The fourth-order valence-corrected chi connectivity index (χ4v) is 3.01. The average Bonchev–Trinajstić information content (AvgIpc) is 3.05. The summed E-state index contributed by atoms with van der Waals surface area (Å²) in [6, 6.07) is 11.3. The summed E-state index contributed by atoms with van der Waals surface area (Å²) in [6.45, 7) is 2.46. The predicted octanol–water partition coefficient (Wildman–Crippen LogP) is 2.31. The first kappa shape index (κ1) is 17.0. The van der Waals surface area contributed by atoms with E-state index in [9.17, 15) is 4.79 Å². The van der Waals surface area contributed by atoms with Gasteiger partial charge in [-0.25, -0.2) is 0 Å². The van der Waals surface area contributed by atoms with Gasteiger partial charge in [-0.05, 0) is 31.2 Å². The van der Waals surface area contributed by atoms with E-state index in [0.29, 0.717) is 23.3 Å². The first-order valence-corrected chi connectivity index (χ1v) is 8.68. The van der Waals surface area contributed by atoms with Crippen molar-refractivity contribution in [2.75, 3.05) is 12.4 Å². The highest BCUT2D eigenvalue weighted by Gasteiger charge is 2.19. The van der Waals surface area contributed by atoms with E-state index in [2.05, 4.69) is 15.2 Å². The third kappa shape index (κ3) is 3.80. The summed E-state index contributed by atoms with van der Waals surface area (Å²) in [7, 11) is 0. The van der Waals surface area contributed by atoms with Crippen LogP contribution in [-0.2, 0) is 4.79 Å². The molecule has 0 bridgehead atoms. The zero-order chi connectivity index (χ0) is 17.6. The number of hydrogen-bond acceptors (Lipinski definition) is 6. The number of hydrogen-bond donors (Lipinski definition) is 1. The Labute approximate surface area is 149 Å². The molecule has 1 aromatic carbocycles. The minimum absolute atomic E-state index is 0.116. The summed E-state index contributed by atoms with van der Waals surface area (Å²) in [4.78, 5) is 15.2. The van der Waals surface area contributed by atoms with Crippen molar-refractivity contribution in [3.8, 4) is 22.8 Å². The van der Waals surface area contributed by atoms with E-state index >= 15 is 0 Å². The molecule has 0 atom stereocenters. The lowest BCUT2D eigenvalue weighted by Crippen LogP contribution is -2.14. The van der Waals surface area contributed by atoms with Gasteiger partial charge in [-0.3, -0.25) is 14.3 Å². The number of primary amides is 1. The molecule has 128 valence electrons. The van der Waals surface area contributed by atoms with Gasteiger partial charge in [-0.2, -0.15) is 0 Å². The molecule has 0 fully saturated rings. The van der Waals surface area contributed by atoms with Crippen LogP contribution in [0.2, 0.25) is 0 Å². The molecule has 25 heavy (non-hydrogen) atoms. The predicted molar refractivity (Wildman–Crippen MR) is 95.7 cm³/mol. The highest BCUT2D eigenvalue weighted by molar-refractivity contribution is 7.99. The highest BCUT2D eigenvalue weighted by atomic mass is 32.2. The van der Waals surface area contributed by atoms with Crippen LogP contribution in [0.3, 0.4) is 0 Å². The molecule has 0 unspecified atom stereocenters. The van der Waals surface area contributed by atoms with Crippen molar-refractivity contribution in [3.05, 3.63) is 48.8 Å². The van der Waals surface area contributed by atoms with Crippen LogP contribution in [0, 0.1) is 0 Å². The van der Waals surface area contributed by atoms with Crippen LogP contribution in [0.25, 0.3) is 17.1 Å². The van der Waals surface area contributed by atoms with Gasteiger partial charge >= 0.3 is 0 Å². The van der Waals surface area contributed by atoms with E-state index in [1.165, 1.54) is 11.8 Å². The largest absolute Gasteiger partial charge is 0.492 e. The number of carbonyl (C=O) groups excluding carboxylic acids is 1. The van der Waals surface area contributed by atoms with Crippen molar-refractivity contribution in [1.29, 1.82) is 0 Å². The van der Waals surface area contributed by atoms with Crippen molar-refractivity contribution in [1.82, 2.24) is 19.7 Å². The minimum Gasteiger partial charge on any atom is -0.492 e. The Morgan fingerprint density at radius 1 is 1.20 bits per heavy atom. The molecule has 3 aromatic rings. The molecule has 2 aromatic heterocycles. The van der Waals surface area contributed by atoms with Gasteiger partial charge in [-0.1, -0.05) is 23.9 Å². The van der Waals surface area contributed by atoms with Crippen LogP contribution in [0.1, 0.15) is 6.92 Å². The molecule has 1 amide bonds. The quantitative estimate of drug-likeness (QED) is 0.653. The number of pyridine rings is 1. The van der Waals surface area contributed by atoms with E-state index in [0.717, 1.165) is 11.3 Å². The number of nitrogens with zero attached hydrogens (tertiary/aromatic N) is 4. The molecule has 0 aliphatic carbocycles. The molecule has 3 rings (SSSR count). The number of para-hydroxylation sites is 2. The number of aromatic nitrogens is 4. The second-order valence-electron chi connectivity index (χ2n) is 5.03. The molecule has 0 aliphatic heterocycles. The second-order valence-corrected chi connectivity index (χ2v) is 5.98. The Balaban J connectivity index is 2.15. The SMILES string of the molecule is CCOc1ccccc1-n1c(SCC(N)=O)nnc1-c1ccncc1. The number of ether oxygens (including phenoxy) is 1. The monoisotopic (exact) mass is 355 g/mol. The van der Waals surface area contributed by atoms with Crippen molar-refractivity contribution < 1.29 is 9.53 Å². The van der Waals surface area contributed by atoms with E-state index < -0.39 is 5.91 Å². The number of thioether (sulfide) groups is 1. The smallest absolute Gasteiger partial charge is 0.227 e. The van der Waals surface area contributed by atoms with E-state index in [4.69, 9.17) is 10.5 Å². The molecule has 0 saturated heterocycles. The van der Waals surface area contributed by atoms with Crippen molar-refractivity contribution >= 4 is 17.7 Å². The van der Waals surface area contributed by atoms with Gasteiger partial charge in [-0.15, -0.1) is 10.2 Å². The lowest BCUT2D eigenvalue weighted by Gasteiger charge is -2.14. The van der Waals surface area contributed by atoms with Gasteiger partial charge in [0.15, 0.2) is 11.0 Å². The molecule has 2 heterocycles. The van der Waals surface area contributed by atoms with Gasteiger partial charge in [0, 0.05) is 18.0 Å². The maximum atomic E-state index is 11.2. The van der Waals surface area contributed by atoms with Crippen LogP contribution < -0.4 is 10.5 Å². The number of benzene rings is 1. The van der Waals surface area contributed by atoms with Crippen molar-refractivity contribution in [2.24, 2.45) is 5.73 Å². The lowest BCUT2D eigenvalue weighted by atomic mass is 10.2. The Morgan fingerprint density at radius 3 is 2.68 bits per heavy atom. The lowest BCUT2D eigenvalue weighted by molar-refractivity contribution is -0.115. The molecule has 2 N–H and O–H groups in total. The summed E-state index contributed by atoms with van der Waals surface area (Å²) in [5.74, 6) is 1.05. The van der Waals surface area contributed by atoms with Gasteiger partial charge in [0.1, 0.15) is 5.75 Å². The van der Waals surface area contributed by atoms with Crippen LogP contribution in [0.5, 0.6) is 5.75 Å². The molecule has 0 aliphatic rings. The molecule has 0 spiro atoms. The number of carbonyl (C=O) groups is 1. The van der Waals surface area contributed by atoms with Gasteiger partial charge in [0.25, 0.3) is 0 Å². The maximum absolute atomic E-state index is 11.2. The van der Waals surface area contributed by atoms with Crippen LogP contribution >= 0.6 is 11.8 Å². The highest BCUT2D eigenvalue weighted by Crippen LogP contribution is 2.32. The molecule has 0 radical (unpaired) electrons. The fraction of sp³-hybridized carbons (Fsp3) is 0.176. The normalized spacial score (nSPS) is 10.6. The summed E-state index contributed by atoms with van der Waals surface area (Å²) in [5, 5.41) is 9.10. The summed E-state index contributed by atoms with van der Waals surface area (Å²) in [5.41, 5.74) is 6.93. The molecule has 8 heteroatoms. The van der Waals surface area contributed by atoms with Gasteiger partial charge < -0.3 is 10.5 Å². The average molecular weight is 355 g/mol. The van der Waals surface area contributed by atoms with Gasteiger partial charge in [0.05, 0.1) is 18.0 Å². The van der Waals surface area contributed by atoms with Crippen LogP contribution in [0.4, 0.5) is 0 Å². The number of nitrogens with two attached hydrogens (primary N) is 1. The van der Waals surface area contributed by atoms with Crippen molar-refractivity contribution in [3.63, 3.8) is 0 Å². The first-order valence-electron chi connectivity index (χ1n) is 7.69. The second kappa shape index (κ2) is 7.80. The third-order valence-electron chi connectivity index (χ3n) is 3.32. The fourth-order valence-electron chi connectivity index (χ4n) is 2.32. The van der Waals surface area contributed by atoms with E-state index in [-0.39, 0.29) is 5.75 Å². The minimum atomic E-state index is -0.414. The van der Waals surface area contributed by atoms with Crippen molar-refractivity contribution in [2.45, 2.75) is 12.1 Å². The number of rotatable bonds is 7. The molecule has 7 nitrogen and oxygen atoms in total. The summed E-state index contributed by atoms with van der Waals surface area (Å²) >= 11 is 1.24. The van der Waals surface area contributed by atoms with E-state index in [1.54, 1.807) is 12.4 Å². The third-order valence-corrected chi connectivity index (χ3v) is 4.27. The number of amides is 1. The van der Waals surface area contributed by atoms with Crippen LogP contribution in [-0.4, -0.2) is 38.0 Å².